The van der Waals surface area contributed by atoms with Gasteiger partial charge in [0.1, 0.15) is 0 Å². The number of allylic oxidation sites excluding steroid dienone is 1. The van der Waals surface area contributed by atoms with Crippen LogP contribution in [0.4, 0.5) is 0 Å². The van der Waals surface area contributed by atoms with Gasteiger partial charge in [-0.3, -0.25) is 0 Å². The Morgan fingerprint density at radius 1 is 1.36 bits per heavy atom. The summed E-state index contributed by atoms with van der Waals surface area (Å²) in [5.41, 5.74) is 3.98. The molecule has 0 spiro atoms. The molecule has 0 radical (unpaired) electrons. The Morgan fingerprint density at radius 3 is 2.27 bits per heavy atom. The second-order valence-corrected chi connectivity index (χ2v) is 9.55. The Balaban J connectivity index is 3.81. The first-order valence-corrected chi connectivity index (χ1v) is 8.31. The maximum Gasteiger partial charge on any atom is 0.0686 e. The summed E-state index contributed by atoms with van der Waals surface area (Å²) in [5, 5.41) is 0. The molecule has 0 atom stereocenters. The van der Waals surface area contributed by atoms with E-state index in [0.717, 1.165) is 12.3 Å². The fraction of sp³-hybridized carbons (Fsp3) is 0.778. The maximum atomic E-state index is 5.60. The summed E-state index contributed by atoms with van der Waals surface area (Å²) in [5.74, 6) is 0.789. The van der Waals surface area contributed by atoms with E-state index in [1.54, 1.807) is 0 Å². The van der Waals surface area contributed by atoms with Gasteiger partial charge in [-0.25, -0.2) is 0 Å². The number of rotatable bonds is 4. The predicted molar refractivity (Wildman–Crippen MR) is 57.1 cm³/mol. The van der Waals surface area contributed by atoms with E-state index in [1.165, 1.54) is 12.0 Å². The largest absolute Gasteiger partial charge is 0.127 e. The van der Waals surface area contributed by atoms with E-state index in [4.69, 9.17) is 11.6 Å². The minimum absolute atomic E-state index is 0.789. The Labute approximate surface area is 76.7 Å². The molecule has 2 heteroatoms. The highest BCUT2D eigenvalue weighted by Gasteiger charge is 2.08. The topological polar surface area (TPSA) is 0 Å². The highest BCUT2D eigenvalue weighted by atomic mass is 35.5. The summed E-state index contributed by atoms with van der Waals surface area (Å²) < 4.78 is 0. The molecule has 0 aliphatic heterocycles. The molecule has 0 unspecified atom stereocenters. The summed E-state index contributed by atoms with van der Waals surface area (Å²) in [6, 6.07) is 0. The van der Waals surface area contributed by atoms with Gasteiger partial charge in [0.2, 0.25) is 0 Å². The zero-order valence-corrected chi connectivity index (χ0v) is 9.83. The molecular formula is C9H19ClSi. The number of hydrogen-bond acceptors (Lipinski definition) is 0. The first kappa shape index (κ1) is 11.2. The van der Waals surface area contributed by atoms with E-state index < -0.39 is 8.07 Å². The average Bonchev–Trinajstić information content (AvgIpc) is 1.79. The molecule has 0 bridgehead atoms. The molecule has 0 aliphatic rings. The normalized spacial score (nSPS) is 13.7. The molecule has 66 valence electrons. The molecular weight excluding hydrogens is 172 g/mol. The van der Waals surface area contributed by atoms with E-state index in [9.17, 15) is 0 Å². The third-order valence-corrected chi connectivity index (χ3v) is 3.01. The van der Waals surface area contributed by atoms with Crippen LogP contribution in [0.25, 0.3) is 0 Å². The van der Waals surface area contributed by atoms with Crippen LogP contribution < -0.4 is 0 Å². The molecule has 0 aromatic rings. The van der Waals surface area contributed by atoms with Crippen LogP contribution >= 0.6 is 11.6 Å². The van der Waals surface area contributed by atoms with Crippen molar-refractivity contribution in [3.05, 3.63) is 11.3 Å². The minimum Gasteiger partial charge on any atom is -0.127 e. The molecule has 0 heterocycles. The molecule has 0 nitrogen and oxygen atoms in total. The molecule has 0 amide bonds. The Bertz CT molecular complexity index is 133. The van der Waals surface area contributed by atoms with Crippen molar-refractivity contribution in [1.82, 2.24) is 0 Å². The molecule has 0 saturated carbocycles. The lowest BCUT2D eigenvalue weighted by molar-refractivity contribution is 0.913. The molecule has 0 saturated heterocycles. The van der Waals surface area contributed by atoms with E-state index in [1.807, 2.05) is 0 Å². The lowest BCUT2D eigenvalue weighted by Gasteiger charge is -2.11. The smallest absolute Gasteiger partial charge is 0.0686 e. The molecule has 0 fully saturated rings. The van der Waals surface area contributed by atoms with Crippen LogP contribution in [0.15, 0.2) is 11.3 Å². The standard InChI is InChI=1S/C9H19ClSi/c1-9(6-5-7-10)8-11(2,3)4/h8H,5-7H2,1-4H3/b9-8+. The van der Waals surface area contributed by atoms with Crippen LogP contribution in [0.3, 0.4) is 0 Å². The lowest BCUT2D eigenvalue weighted by Crippen LogP contribution is -2.16. The van der Waals surface area contributed by atoms with E-state index in [2.05, 4.69) is 32.3 Å². The van der Waals surface area contributed by atoms with Gasteiger partial charge in [0.25, 0.3) is 0 Å². The third-order valence-electron chi connectivity index (χ3n) is 1.38. The average molecular weight is 191 g/mol. The molecule has 0 aromatic heterocycles. The van der Waals surface area contributed by atoms with Gasteiger partial charge in [-0.05, 0) is 19.8 Å². The quantitative estimate of drug-likeness (QED) is 0.467. The summed E-state index contributed by atoms with van der Waals surface area (Å²) in [4.78, 5) is 0. The summed E-state index contributed by atoms with van der Waals surface area (Å²) in [6.07, 6.45) is 2.29. The highest BCUT2D eigenvalue weighted by molar-refractivity contribution is 6.81. The highest BCUT2D eigenvalue weighted by Crippen LogP contribution is 2.11. The molecule has 0 aromatic carbocycles. The number of hydrogen-bond donors (Lipinski definition) is 0. The van der Waals surface area contributed by atoms with Crippen molar-refractivity contribution in [3.8, 4) is 0 Å². The molecule has 0 aliphatic carbocycles. The Kier molecular flexibility index (Phi) is 5.10. The lowest BCUT2D eigenvalue weighted by atomic mass is 10.2. The van der Waals surface area contributed by atoms with Gasteiger partial charge in [0.05, 0.1) is 8.07 Å². The minimum atomic E-state index is -0.975. The van der Waals surface area contributed by atoms with Gasteiger partial charge in [-0.15, -0.1) is 11.6 Å². The first-order valence-electron chi connectivity index (χ1n) is 4.20. The third kappa shape index (κ3) is 8.15. The van der Waals surface area contributed by atoms with Crippen LogP contribution in [-0.2, 0) is 0 Å². The van der Waals surface area contributed by atoms with Gasteiger partial charge in [-0.1, -0.05) is 30.9 Å². The van der Waals surface area contributed by atoms with Crippen LogP contribution in [0.2, 0.25) is 19.6 Å². The fourth-order valence-corrected chi connectivity index (χ4v) is 2.91. The molecule has 0 rings (SSSR count). The van der Waals surface area contributed by atoms with Gasteiger partial charge in [-0.2, -0.15) is 0 Å². The summed E-state index contributed by atoms with van der Waals surface area (Å²) in [7, 11) is -0.975. The molecule has 0 N–H and O–H groups in total. The Morgan fingerprint density at radius 2 is 1.91 bits per heavy atom. The summed E-state index contributed by atoms with van der Waals surface area (Å²) in [6.45, 7) is 9.29. The van der Waals surface area contributed by atoms with Crippen LogP contribution in [0, 0.1) is 0 Å². The van der Waals surface area contributed by atoms with Gasteiger partial charge in [0, 0.05) is 5.88 Å². The molecule has 11 heavy (non-hydrogen) atoms. The summed E-state index contributed by atoms with van der Waals surface area (Å²) >= 11 is 5.60. The Hall–Kier alpha value is 0.247. The van der Waals surface area contributed by atoms with Crippen molar-refractivity contribution in [1.29, 1.82) is 0 Å². The van der Waals surface area contributed by atoms with Crippen molar-refractivity contribution in [2.24, 2.45) is 0 Å². The maximum absolute atomic E-state index is 5.60. The van der Waals surface area contributed by atoms with Crippen molar-refractivity contribution in [3.63, 3.8) is 0 Å². The second kappa shape index (κ2) is 4.99. The van der Waals surface area contributed by atoms with Crippen molar-refractivity contribution in [2.45, 2.75) is 39.4 Å². The van der Waals surface area contributed by atoms with E-state index in [0.29, 0.717) is 0 Å². The SMILES string of the molecule is C/C(=C\[Si](C)(C)C)CCCCl. The van der Waals surface area contributed by atoms with Gasteiger partial charge < -0.3 is 0 Å². The number of alkyl halides is 1. The number of halogens is 1. The fourth-order valence-electron chi connectivity index (χ4n) is 1.16. The second-order valence-electron chi connectivity index (χ2n) is 4.15. The van der Waals surface area contributed by atoms with E-state index >= 15 is 0 Å². The zero-order chi connectivity index (χ0) is 8.91. The van der Waals surface area contributed by atoms with Crippen LogP contribution in [0.5, 0.6) is 0 Å². The van der Waals surface area contributed by atoms with Gasteiger partial charge in [0.15, 0.2) is 0 Å². The zero-order valence-electron chi connectivity index (χ0n) is 8.08. The van der Waals surface area contributed by atoms with E-state index in [-0.39, 0.29) is 0 Å². The van der Waals surface area contributed by atoms with Crippen LogP contribution in [0.1, 0.15) is 19.8 Å². The van der Waals surface area contributed by atoms with Gasteiger partial charge >= 0.3 is 0 Å². The van der Waals surface area contributed by atoms with Crippen molar-refractivity contribution in [2.75, 3.05) is 5.88 Å². The first-order chi connectivity index (χ1) is 4.95. The van der Waals surface area contributed by atoms with Crippen LogP contribution in [-0.4, -0.2) is 14.0 Å². The van der Waals surface area contributed by atoms with Crippen molar-refractivity contribution >= 4 is 19.7 Å². The monoisotopic (exact) mass is 190 g/mol. The van der Waals surface area contributed by atoms with Crippen molar-refractivity contribution < 1.29 is 0 Å². The predicted octanol–water partition coefficient (Wildman–Crippen LogP) is 3.83.